The second kappa shape index (κ2) is 9.66. The minimum Gasteiger partial charge on any atom is -0.448 e. The van der Waals surface area contributed by atoms with Crippen molar-refractivity contribution in [2.45, 2.75) is 19.3 Å². The van der Waals surface area contributed by atoms with Gasteiger partial charge >= 0.3 is 6.09 Å². The normalized spacial score (nSPS) is 15.1. The Morgan fingerprint density at radius 3 is 2.43 bits per heavy atom. The highest BCUT2D eigenvalue weighted by Crippen LogP contribution is 2.30. The first-order valence-electron chi connectivity index (χ1n) is 6.77. The summed E-state index contributed by atoms with van der Waals surface area (Å²) in [5.41, 5.74) is 0.690. The number of nitrogens with zero attached hydrogens (tertiary/aromatic N) is 1. The molecule has 0 aromatic heterocycles. The second-order valence-corrected chi connectivity index (χ2v) is 6.47. The Morgan fingerprint density at radius 2 is 1.81 bits per heavy atom. The Labute approximate surface area is 148 Å². The molecular formula is C14H19Br2ClN2O2. The maximum Gasteiger partial charge on any atom is 0.411 e. The highest BCUT2D eigenvalue weighted by molar-refractivity contribution is 9.11. The summed E-state index contributed by atoms with van der Waals surface area (Å²) >= 11 is 6.80. The van der Waals surface area contributed by atoms with E-state index in [1.807, 2.05) is 18.2 Å². The van der Waals surface area contributed by atoms with Crippen molar-refractivity contribution in [3.63, 3.8) is 0 Å². The van der Waals surface area contributed by atoms with Gasteiger partial charge in [0, 0.05) is 15.5 Å². The van der Waals surface area contributed by atoms with Crippen molar-refractivity contribution < 1.29 is 9.53 Å². The number of para-hydroxylation sites is 1. The molecule has 1 fully saturated rings. The molecule has 118 valence electrons. The molecule has 1 amide bonds. The van der Waals surface area contributed by atoms with Crippen molar-refractivity contribution in [3.05, 3.63) is 27.1 Å². The molecule has 1 N–H and O–H groups in total. The van der Waals surface area contributed by atoms with Crippen LogP contribution >= 0.6 is 44.3 Å². The number of nitrogens with one attached hydrogen (secondary N) is 1. The number of hydrogen-bond donors (Lipinski definition) is 1. The van der Waals surface area contributed by atoms with Crippen molar-refractivity contribution in [3.8, 4) is 0 Å². The number of rotatable bonds is 4. The summed E-state index contributed by atoms with van der Waals surface area (Å²) in [5.74, 6) is 0. The fourth-order valence-electron chi connectivity index (χ4n) is 2.21. The molecule has 0 saturated carbocycles. The van der Waals surface area contributed by atoms with E-state index in [9.17, 15) is 4.79 Å². The van der Waals surface area contributed by atoms with Gasteiger partial charge in [-0.1, -0.05) is 12.5 Å². The first-order valence-corrected chi connectivity index (χ1v) is 8.35. The number of ether oxygens (including phenoxy) is 1. The van der Waals surface area contributed by atoms with Gasteiger partial charge < -0.3 is 4.74 Å². The second-order valence-electron chi connectivity index (χ2n) is 4.76. The lowest BCUT2D eigenvalue weighted by Gasteiger charge is -2.25. The average molecular weight is 443 g/mol. The van der Waals surface area contributed by atoms with E-state index in [-0.39, 0.29) is 12.4 Å². The third kappa shape index (κ3) is 6.14. The third-order valence-corrected chi connectivity index (χ3v) is 4.60. The minimum atomic E-state index is -0.422. The predicted molar refractivity (Wildman–Crippen MR) is 94.4 cm³/mol. The van der Waals surface area contributed by atoms with E-state index in [0.29, 0.717) is 12.3 Å². The van der Waals surface area contributed by atoms with Crippen molar-refractivity contribution in [2.24, 2.45) is 0 Å². The van der Waals surface area contributed by atoms with E-state index < -0.39 is 6.09 Å². The molecule has 0 unspecified atom stereocenters. The molecule has 21 heavy (non-hydrogen) atoms. The van der Waals surface area contributed by atoms with E-state index >= 15 is 0 Å². The number of halogens is 3. The lowest BCUT2D eigenvalue weighted by Crippen LogP contribution is -2.33. The summed E-state index contributed by atoms with van der Waals surface area (Å²) in [6.07, 6.45) is 3.38. The van der Waals surface area contributed by atoms with Crippen LogP contribution in [0, 0.1) is 0 Å². The molecule has 0 bridgehead atoms. The molecule has 0 spiro atoms. The van der Waals surface area contributed by atoms with Crippen molar-refractivity contribution >= 4 is 56.0 Å². The number of anilines is 1. The van der Waals surface area contributed by atoms with E-state index in [0.717, 1.165) is 28.6 Å². The monoisotopic (exact) mass is 440 g/mol. The fourth-order valence-corrected chi connectivity index (χ4v) is 3.40. The largest absolute Gasteiger partial charge is 0.448 e. The lowest BCUT2D eigenvalue weighted by atomic mass is 10.1. The van der Waals surface area contributed by atoms with Gasteiger partial charge in [0.25, 0.3) is 0 Å². The van der Waals surface area contributed by atoms with E-state index in [2.05, 4.69) is 42.1 Å². The van der Waals surface area contributed by atoms with Gasteiger partial charge in [-0.3, -0.25) is 10.2 Å². The molecule has 0 atom stereocenters. The highest BCUT2D eigenvalue weighted by atomic mass is 79.9. The van der Waals surface area contributed by atoms with Crippen LogP contribution in [0.5, 0.6) is 0 Å². The molecule has 1 aromatic rings. The summed E-state index contributed by atoms with van der Waals surface area (Å²) in [5, 5.41) is 2.74. The molecule has 7 heteroatoms. The maximum atomic E-state index is 11.8. The van der Waals surface area contributed by atoms with Crippen LogP contribution in [0.25, 0.3) is 0 Å². The number of amides is 1. The Hall–Kier alpha value is -0.300. The first kappa shape index (κ1) is 18.7. The number of hydrogen-bond acceptors (Lipinski definition) is 3. The van der Waals surface area contributed by atoms with Gasteiger partial charge in [-0.25, -0.2) is 4.79 Å². The quantitative estimate of drug-likeness (QED) is 0.737. The fraction of sp³-hybridized carbons (Fsp3) is 0.500. The van der Waals surface area contributed by atoms with Crippen LogP contribution in [0.1, 0.15) is 19.3 Å². The zero-order chi connectivity index (χ0) is 14.4. The summed E-state index contributed by atoms with van der Waals surface area (Å²) in [4.78, 5) is 14.1. The first-order chi connectivity index (χ1) is 9.66. The van der Waals surface area contributed by atoms with E-state index in [4.69, 9.17) is 4.74 Å². The van der Waals surface area contributed by atoms with Crippen molar-refractivity contribution in [1.29, 1.82) is 0 Å². The van der Waals surface area contributed by atoms with Crippen molar-refractivity contribution in [1.82, 2.24) is 4.90 Å². The van der Waals surface area contributed by atoms with Gasteiger partial charge in [0.2, 0.25) is 0 Å². The van der Waals surface area contributed by atoms with Crippen LogP contribution in [0.2, 0.25) is 0 Å². The zero-order valence-corrected chi connectivity index (χ0v) is 15.6. The van der Waals surface area contributed by atoms with E-state index in [1.54, 1.807) is 0 Å². The van der Waals surface area contributed by atoms with Crippen molar-refractivity contribution in [2.75, 3.05) is 31.6 Å². The van der Waals surface area contributed by atoms with Gasteiger partial charge in [0.05, 0.1) is 5.69 Å². The number of piperidine rings is 1. The van der Waals surface area contributed by atoms with Crippen LogP contribution < -0.4 is 5.32 Å². The molecule has 0 radical (unpaired) electrons. The number of likely N-dealkylation sites (tertiary alicyclic amines) is 1. The predicted octanol–water partition coefficient (Wildman–Crippen LogP) is 4.67. The highest BCUT2D eigenvalue weighted by Gasteiger charge is 2.12. The van der Waals surface area contributed by atoms with Gasteiger partial charge in [0.15, 0.2) is 0 Å². The Bertz CT molecular complexity index is 448. The minimum absolute atomic E-state index is 0. The molecule has 1 aromatic carbocycles. The lowest BCUT2D eigenvalue weighted by molar-refractivity contribution is 0.131. The van der Waals surface area contributed by atoms with Crippen LogP contribution in [-0.4, -0.2) is 37.2 Å². The van der Waals surface area contributed by atoms with Crippen LogP contribution in [0.3, 0.4) is 0 Å². The van der Waals surface area contributed by atoms with Crippen LogP contribution in [0.15, 0.2) is 27.1 Å². The SMILES string of the molecule is Cl.O=C(Nc1c(Br)cccc1Br)OCCN1CCCCC1. The number of benzene rings is 1. The number of carbonyl (C=O) groups excluding carboxylic acids is 1. The smallest absolute Gasteiger partial charge is 0.411 e. The topological polar surface area (TPSA) is 41.6 Å². The van der Waals surface area contributed by atoms with E-state index in [1.165, 1.54) is 19.3 Å². The Kier molecular flexibility index (Phi) is 8.63. The number of carbonyl (C=O) groups is 1. The summed E-state index contributed by atoms with van der Waals surface area (Å²) in [6, 6.07) is 5.63. The van der Waals surface area contributed by atoms with Crippen LogP contribution in [0.4, 0.5) is 10.5 Å². The van der Waals surface area contributed by atoms with Gasteiger partial charge in [-0.2, -0.15) is 0 Å². The van der Waals surface area contributed by atoms with Gasteiger partial charge in [-0.05, 0) is 69.9 Å². The Morgan fingerprint density at radius 1 is 1.19 bits per heavy atom. The molecular weight excluding hydrogens is 423 g/mol. The van der Waals surface area contributed by atoms with Crippen LogP contribution in [-0.2, 0) is 4.74 Å². The Balaban J connectivity index is 0.00000220. The average Bonchev–Trinajstić information content (AvgIpc) is 2.44. The molecule has 1 saturated heterocycles. The molecule has 1 aliphatic rings. The molecule has 2 rings (SSSR count). The molecule has 4 nitrogen and oxygen atoms in total. The zero-order valence-electron chi connectivity index (χ0n) is 11.6. The molecule has 0 aliphatic carbocycles. The van der Waals surface area contributed by atoms with Gasteiger partial charge in [-0.15, -0.1) is 12.4 Å². The summed E-state index contributed by atoms with van der Waals surface area (Å²) in [6.45, 7) is 3.46. The summed E-state index contributed by atoms with van der Waals surface area (Å²) in [7, 11) is 0. The standard InChI is InChI=1S/C14H18Br2N2O2.ClH/c15-11-5-4-6-12(16)13(11)17-14(19)20-10-9-18-7-2-1-3-8-18;/h4-6H,1-3,7-10H2,(H,17,19);1H. The van der Waals surface area contributed by atoms with Gasteiger partial charge in [0.1, 0.15) is 6.61 Å². The summed E-state index contributed by atoms with van der Waals surface area (Å²) < 4.78 is 6.86. The molecule has 1 aliphatic heterocycles. The third-order valence-electron chi connectivity index (χ3n) is 3.28. The molecule has 1 heterocycles. The maximum absolute atomic E-state index is 11.8.